The van der Waals surface area contributed by atoms with Crippen LogP contribution < -0.4 is 5.32 Å². The zero-order valence-electron chi connectivity index (χ0n) is 16.3. The Morgan fingerprint density at radius 1 is 1.21 bits per heavy atom. The van der Waals surface area contributed by atoms with Crippen molar-refractivity contribution in [1.82, 2.24) is 19.7 Å². The van der Waals surface area contributed by atoms with Gasteiger partial charge in [0.1, 0.15) is 11.0 Å². The third-order valence-corrected chi connectivity index (χ3v) is 5.36. The van der Waals surface area contributed by atoms with Crippen LogP contribution in [0, 0.1) is 6.92 Å². The average Bonchev–Trinajstić information content (AvgIpc) is 2.93. The van der Waals surface area contributed by atoms with E-state index in [1.54, 1.807) is 6.92 Å². The van der Waals surface area contributed by atoms with Gasteiger partial charge in [0.05, 0.1) is 17.7 Å². The second-order valence-corrected chi connectivity index (χ2v) is 7.58. The van der Waals surface area contributed by atoms with Gasteiger partial charge >= 0.3 is 5.97 Å². The first kappa shape index (κ1) is 19.3. The van der Waals surface area contributed by atoms with Gasteiger partial charge in [-0.25, -0.2) is 9.78 Å². The van der Waals surface area contributed by atoms with Crippen LogP contribution in [0.4, 0.5) is 5.95 Å². The number of carbonyl (C=O) groups excluding carboxylic acids is 2. The second kappa shape index (κ2) is 7.07. The highest BCUT2D eigenvalue weighted by molar-refractivity contribution is 9.10. The van der Waals surface area contributed by atoms with Crippen LogP contribution in [0.5, 0.6) is 0 Å². The topological polar surface area (TPSA) is 99.0 Å². The zero-order chi connectivity index (χ0) is 20.9. The molecule has 29 heavy (non-hydrogen) atoms. The molecule has 0 aliphatic heterocycles. The Balaban J connectivity index is 2.24. The predicted molar refractivity (Wildman–Crippen MR) is 114 cm³/mol. The number of anilines is 1. The molecule has 0 aliphatic carbocycles. The summed E-state index contributed by atoms with van der Waals surface area (Å²) in [5.41, 5.74) is 3.12. The van der Waals surface area contributed by atoms with E-state index in [2.05, 4.69) is 36.4 Å². The minimum absolute atomic E-state index is 0.110. The van der Waals surface area contributed by atoms with Gasteiger partial charge in [0.25, 0.3) is 0 Å². The molecule has 0 spiro atoms. The molecule has 0 radical (unpaired) electrons. The van der Waals surface area contributed by atoms with Gasteiger partial charge in [0, 0.05) is 34.9 Å². The lowest BCUT2D eigenvalue weighted by Crippen LogP contribution is -2.10. The fourth-order valence-electron chi connectivity index (χ4n) is 3.61. The Bertz CT molecular complexity index is 1330. The number of aryl methyl sites for hydroxylation is 1. The molecule has 1 N–H and O–H groups in total. The van der Waals surface area contributed by atoms with E-state index in [-0.39, 0.29) is 24.4 Å². The fourth-order valence-corrected chi connectivity index (χ4v) is 3.97. The number of rotatable bonds is 3. The minimum Gasteiger partial charge on any atom is -0.462 e. The molecule has 1 amide bonds. The summed E-state index contributed by atoms with van der Waals surface area (Å²) in [5.74, 6) is -0.568. The summed E-state index contributed by atoms with van der Waals surface area (Å²) in [4.78, 5) is 28.8. The number of hydrogen-bond acceptors (Lipinski definition) is 6. The van der Waals surface area contributed by atoms with E-state index in [0.29, 0.717) is 16.6 Å². The van der Waals surface area contributed by atoms with Crippen LogP contribution in [-0.4, -0.2) is 38.2 Å². The molecule has 0 aliphatic rings. The lowest BCUT2D eigenvalue weighted by molar-refractivity contribution is -0.114. The summed E-state index contributed by atoms with van der Waals surface area (Å²) in [6, 6.07) is 5.76. The van der Waals surface area contributed by atoms with Crippen molar-refractivity contribution >= 4 is 66.5 Å². The van der Waals surface area contributed by atoms with Gasteiger partial charge in [-0.2, -0.15) is 0 Å². The van der Waals surface area contributed by atoms with Crippen LogP contribution in [0.1, 0.15) is 29.9 Å². The summed E-state index contributed by atoms with van der Waals surface area (Å²) in [6.07, 6.45) is 0. The maximum absolute atomic E-state index is 12.8. The Labute approximate surface area is 174 Å². The van der Waals surface area contributed by atoms with Crippen LogP contribution >= 0.6 is 15.9 Å². The number of carbonyl (C=O) groups is 2. The van der Waals surface area contributed by atoms with E-state index >= 15 is 0 Å². The molecule has 0 fully saturated rings. The Morgan fingerprint density at radius 3 is 2.66 bits per heavy atom. The summed E-state index contributed by atoms with van der Waals surface area (Å²) in [7, 11) is 1.86. The van der Waals surface area contributed by atoms with Crippen LogP contribution in [0.2, 0.25) is 0 Å². The molecule has 2 aromatic heterocycles. The quantitative estimate of drug-likeness (QED) is 0.371. The third kappa shape index (κ3) is 3.02. The molecular formula is C20H18BrN5O3. The first-order chi connectivity index (χ1) is 13.8. The number of fused-ring (bicyclic) bond motifs is 6. The minimum atomic E-state index is -0.389. The van der Waals surface area contributed by atoms with E-state index in [4.69, 9.17) is 4.74 Å². The lowest BCUT2D eigenvalue weighted by atomic mass is 10.0. The van der Waals surface area contributed by atoms with E-state index in [0.717, 1.165) is 31.8 Å². The highest BCUT2D eigenvalue weighted by Crippen LogP contribution is 2.39. The molecule has 4 aromatic rings. The molecule has 0 atom stereocenters. The SMILES string of the molecule is CCOC(=O)c1c(C)n(C)c2c3nc(NC(C)=O)nnc3c3ccc(Br)cc3c12. The smallest absolute Gasteiger partial charge is 0.340 e. The van der Waals surface area contributed by atoms with Crippen molar-refractivity contribution in [3.8, 4) is 0 Å². The molecule has 9 heteroatoms. The number of halogens is 1. The van der Waals surface area contributed by atoms with Gasteiger partial charge in [0.15, 0.2) is 0 Å². The van der Waals surface area contributed by atoms with Gasteiger partial charge in [-0.1, -0.05) is 22.0 Å². The molecule has 0 bridgehead atoms. The molecule has 0 saturated carbocycles. The van der Waals surface area contributed by atoms with E-state index in [9.17, 15) is 9.59 Å². The van der Waals surface area contributed by atoms with Crippen LogP contribution in [0.15, 0.2) is 22.7 Å². The molecule has 8 nitrogen and oxygen atoms in total. The summed E-state index contributed by atoms with van der Waals surface area (Å²) in [5, 5.41) is 13.3. The normalized spacial score (nSPS) is 11.3. The third-order valence-electron chi connectivity index (χ3n) is 4.87. The fraction of sp³-hybridized carbons (Fsp3) is 0.250. The van der Waals surface area contributed by atoms with Crippen molar-refractivity contribution in [2.24, 2.45) is 7.05 Å². The Kier molecular flexibility index (Phi) is 4.70. The van der Waals surface area contributed by atoms with Gasteiger partial charge in [-0.05, 0) is 31.4 Å². The lowest BCUT2D eigenvalue weighted by Gasteiger charge is -2.09. The van der Waals surface area contributed by atoms with Crippen molar-refractivity contribution in [2.75, 3.05) is 11.9 Å². The van der Waals surface area contributed by atoms with Crippen molar-refractivity contribution in [1.29, 1.82) is 0 Å². The number of amides is 1. The van der Waals surface area contributed by atoms with Crippen molar-refractivity contribution in [3.05, 3.63) is 33.9 Å². The molecule has 148 valence electrons. The maximum Gasteiger partial charge on any atom is 0.340 e. The zero-order valence-corrected chi connectivity index (χ0v) is 17.9. The van der Waals surface area contributed by atoms with Crippen LogP contribution in [-0.2, 0) is 16.6 Å². The number of nitrogens with zero attached hydrogens (tertiary/aromatic N) is 4. The molecule has 2 heterocycles. The van der Waals surface area contributed by atoms with Crippen molar-refractivity contribution in [2.45, 2.75) is 20.8 Å². The summed E-state index contributed by atoms with van der Waals surface area (Å²) < 4.78 is 8.10. The number of esters is 1. The molecule has 4 rings (SSSR count). The van der Waals surface area contributed by atoms with Crippen LogP contribution in [0.25, 0.3) is 32.7 Å². The largest absolute Gasteiger partial charge is 0.462 e. The molecule has 2 aromatic carbocycles. The second-order valence-electron chi connectivity index (χ2n) is 6.67. The molecule has 0 unspecified atom stereocenters. The number of benzene rings is 2. The summed E-state index contributed by atoms with van der Waals surface area (Å²) >= 11 is 3.52. The van der Waals surface area contributed by atoms with Crippen molar-refractivity contribution in [3.63, 3.8) is 0 Å². The summed E-state index contributed by atoms with van der Waals surface area (Å²) in [6.45, 7) is 5.30. The predicted octanol–water partition coefficient (Wildman–Crippen LogP) is 3.88. The highest BCUT2D eigenvalue weighted by Gasteiger charge is 2.25. The number of aromatic nitrogens is 4. The first-order valence-corrected chi connectivity index (χ1v) is 9.82. The van der Waals surface area contributed by atoms with E-state index in [1.165, 1.54) is 6.92 Å². The van der Waals surface area contributed by atoms with E-state index in [1.807, 2.05) is 36.7 Å². The first-order valence-electron chi connectivity index (χ1n) is 9.02. The number of ether oxygens (including phenoxy) is 1. The number of hydrogen-bond donors (Lipinski definition) is 1. The van der Waals surface area contributed by atoms with Crippen LogP contribution in [0.3, 0.4) is 0 Å². The Morgan fingerprint density at radius 2 is 1.97 bits per heavy atom. The Hall–Kier alpha value is -3.07. The van der Waals surface area contributed by atoms with E-state index < -0.39 is 0 Å². The maximum atomic E-state index is 12.8. The average molecular weight is 456 g/mol. The van der Waals surface area contributed by atoms with Gasteiger partial charge in [-0.15, -0.1) is 10.2 Å². The monoisotopic (exact) mass is 455 g/mol. The molecular weight excluding hydrogens is 438 g/mol. The van der Waals surface area contributed by atoms with Gasteiger partial charge in [-0.3, -0.25) is 10.1 Å². The standard InChI is InChI=1S/C20H18BrN5O3/c1-5-29-19(28)14-9(2)26(4)18-15(14)13-8-11(21)6-7-12(13)16-17(18)23-20(25-24-16)22-10(3)27/h6-8H,5H2,1-4H3,(H,22,23,25,27). The van der Waals surface area contributed by atoms with Crippen molar-refractivity contribution < 1.29 is 14.3 Å². The highest BCUT2D eigenvalue weighted by atomic mass is 79.9. The van der Waals surface area contributed by atoms with Gasteiger partial charge in [0.2, 0.25) is 11.9 Å². The molecule has 0 saturated heterocycles. The van der Waals surface area contributed by atoms with Gasteiger partial charge < -0.3 is 9.30 Å². The number of nitrogens with one attached hydrogen (secondary N) is 1.